The molecule has 0 N–H and O–H groups in total. The van der Waals surface area contributed by atoms with Gasteiger partial charge >= 0.3 is 65.1 Å². The number of nitrogens with zero attached hydrogens (tertiary/aromatic N) is 4. The summed E-state index contributed by atoms with van der Waals surface area (Å²) >= 11 is 1.18. The van der Waals surface area contributed by atoms with Gasteiger partial charge in [0.15, 0.2) is 11.9 Å². The molecule has 1 saturated heterocycles. The molecule has 1 aliphatic rings. The number of nitriles is 1. The zero-order chi connectivity index (χ0) is 38.2. The van der Waals surface area contributed by atoms with Crippen molar-refractivity contribution in [2.75, 3.05) is 13.2 Å². The SMILES string of the molecule is C[C@@H](SC1COC(/C=C/C=C/c2ccc(C#N)cc2F)OC1)[C@@](Cn1cncn1)(OC(=O)c1cc(F)ccc1COP(=O)([O-])[O-])c1ccc(F)cc1F.[Na+].[Na+]. The van der Waals surface area contributed by atoms with E-state index in [1.807, 2.05) is 6.07 Å². The van der Waals surface area contributed by atoms with Crippen molar-refractivity contribution in [1.82, 2.24) is 14.8 Å². The fraction of sp³-hybridized carbons (Fsp3) is 0.257. The molecule has 0 amide bonds. The van der Waals surface area contributed by atoms with Gasteiger partial charge in [-0.05, 0) is 55.0 Å². The van der Waals surface area contributed by atoms with E-state index in [1.165, 1.54) is 47.3 Å². The van der Waals surface area contributed by atoms with E-state index in [0.717, 1.165) is 36.4 Å². The Labute approximate surface area is 361 Å². The number of aromatic nitrogens is 3. The van der Waals surface area contributed by atoms with Crippen LogP contribution in [0.1, 0.15) is 39.5 Å². The van der Waals surface area contributed by atoms with Gasteiger partial charge in [-0.2, -0.15) is 10.4 Å². The number of hydrogen-bond acceptors (Lipinski definition) is 12. The molecule has 4 aromatic rings. The van der Waals surface area contributed by atoms with E-state index in [-0.39, 0.29) is 101 Å². The zero-order valence-electron chi connectivity index (χ0n) is 29.6. The maximum Gasteiger partial charge on any atom is 1.00 e. The standard InChI is InChI=1S/C35H31F4N4O8PS.2Na/c1-22(53-28-17-48-33(49-18-28)5-3-2-4-24-7-6-23(15-40)12-31(24)38)35(19-43-21-41-20-42-43,30-11-10-27(37)14-32(30)39)51-34(44)29-13-26(36)9-8-25(29)16-50-52(45,46)47;;/h2-14,20-22,28,33H,16-19H2,1H3,(H2,45,46,47);;/q;2*+1/p-2/b4-2+,5-3+;;/t22-,28?,33?,35-;;/m1../s1. The van der Waals surface area contributed by atoms with Gasteiger partial charge in [0, 0.05) is 22.4 Å². The van der Waals surface area contributed by atoms with Crippen LogP contribution in [0.3, 0.4) is 0 Å². The number of thioether (sulfide) groups is 1. The van der Waals surface area contributed by atoms with Crippen molar-refractivity contribution in [3.63, 3.8) is 0 Å². The Kier molecular flexibility index (Phi) is 18.0. The Morgan fingerprint density at radius 3 is 2.42 bits per heavy atom. The summed E-state index contributed by atoms with van der Waals surface area (Å²) in [4.78, 5) is 40.2. The minimum atomic E-state index is -5.51. The molecule has 12 nitrogen and oxygen atoms in total. The summed E-state index contributed by atoms with van der Waals surface area (Å²) < 4.78 is 93.1. The number of hydrogen-bond donors (Lipinski definition) is 0. The minimum Gasteiger partial charge on any atom is -0.790 e. The average Bonchev–Trinajstić information content (AvgIpc) is 3.63. The molecule has 278 valence electrons. The van der Waals surface area contributed by atoms with Gasteiger partial charge in [0.05, 0.1) is 56.6 Å². The number of carbonyl (C=O) groups is 1. The van der Waals surface area contributed by atoms with E-state index in [0.29, 0.717) is 6.07 Å². The Morgan fingerprint density at radius 1 is 1.07 bits per heavy atom. The van der Waals surface area contributed by atoms with E-state index in [4.69, 9.17) is 19.5 Å². The molecule has 0 unspecified atom stereocenters. The molecule has 2 atom stereocenters. The number of allylic oxidation sites excluding steroid dienone is 2. The first-order valence-corrected chi connectivity index (χ1v) is 18.1. The molecule has 20 heteroatoms. The maximum absolute atomic E-state index is 15.8. The topological polar surface area (TPSA) is 172 Å². The summed E-state index contributed by atoms with van der Waals surface area (Å²) in [6.45, 7) is 0.519. The van der Waals surface area contributed by atoms with Crippen LogP contribution >= 0.6 is 19.6 Å². The Balaban J connectivity index is 0.00000406. The first kappa shape index (κ1) is 46.7. The predicted octanol–water partition coefficient (Wildman–Crippen LogP) is -1.06. The van der Waals surface area contributed by atoms with Crippen molar-refractivity contribution in [3.05, 3.63) is 137 Å². The predicted molar refractivity (Wildman–Crippen MR) is 178 cm³/mol. The molecule has 1 aliphatic heterocycles. The quantitative estimate of drug-likeness (QED) is 0.0498. The summed E-state index contributed by atoms with van der Waals surface area (Å²) in [7, 11) is -5.51. The molecule has 0 bridgehead atoms. The molecule has 1 aromatic heterocycles. The van der Waals surface area contributed by atoms with Crippen LogP contribution in [0.25, 0.3) is 6.08 Å². The van der Waals surface area contributed by atoms with Gasteiger partial charge in [-0.15, -0.1) is 11.8 Å². The third kappa shape index (κ3) is 12.9. The number of phosphoric ester groups is 1. The number of carbonyl (C=O) groups excluding carboxylic acids is 1. The van der Waals surface area contributed by atoms with Crippen molar-refractivity contribution in [3.8, 4) is 6.07 Å². The molecule has 3 aromatic carbocycles. The van der Waals surface area contributed by atoms with Crippen LogP contribution < -0.4 is 68.9 Å². The van der Waals surface area contributed by atoms with Gasteiger partial charge in [0.25, 0.3) is 0 Å². The van der Waals surface area contributed by atoms with Crippen molar-refractivity contribution in [2.24, 2.45) is 0 Å². The van der Waals surface area contributed by atoms with E-state index < -0.39 is 71.6 Å². The molecular weight excluding hydrogens is 789 g/mol. The number of benzene rings is 3. The van der Waals surface area contributed by atoms with Crippen LogP contribution in [-0.4, -0.2) is 50.7 Å². The smallest absolute Gasteiger partial charge is 0.790 e. The number of rotatable bonds is 14. The second-order valence-corrected chi connectivity index (χ2v) is 14.3. The zero-order valence-corrected chi connectivity index (χ0v) is 35.4. The molecule has 5 rings (SSSR count). The van der Waals surface area contributed by atoms with E-state index in [2.05, 4.69) is 14.6 Å². The molecule has 0 aliphatic carbocycles. The largest absolute Gasteiger partial charge is 1.00 e. The molecular formula is C35H29F4N4Na2O8PS. The second-order valence-electron chi connectivity index (χ2n) is 11.5. The van der Waals surface area contributed by atoms with Crippen molar-refractivity contribution < 1.29 is 115 Å². The summed E-state index contributed by atoms with van der Waals surface area (Å²) in [5.74, 6) is -4.72. The van der Waals surface area contributed by atoms with Gasteiger partial charge in [-0.1, -0.05) is 30.4 Å². The van der Waals surface area contributed by atoms with Crippen molar-refractivity contribution in [1.29, 1.82) is 5.26 Å². The summed E-state index contributed by atoms with van der Waals surface area (Å²) in [6.07, 6.45) is 7.94. The monoisotopic (exact) mass is 818 g/mol. The minimum absolute atomic E-state index is 0. The maximum atomic E-state index is 15.8. The number of halogens is 4. The summed E-state index contributed by atoms with van der Waals surface area (Å²) in [5, 5.41) is 11.7. The fourth-order valence-electron chi connectivity index (χ4n) is 5.36. The second kappa shape index (κ2) is 21.2. The van der Waals surface area contributed by atoms with Crippen LogP contribution in [0.4, 0.5) is 17.6 Å². The van der Waals surface area contributed by atoms with Crippen LogP contribution in [0.2, 0.25) is 0 Å². The number of esters is 1. The van der Waals surface area contributed by atoms with Gasteiger partial charge in [-0.25, -0.2) is 32.0 Å². The van der Waals surface area contributed by atoms with Gasteiger partial charge in [0.1, 0.15) is 35.9 Å². The number of ether oxygens (including phenoxy) is 3. The Bertz CT molecular complexity index is 2080. The Morgan fingerprint density at radius 2 is 1.78 bits per heavy atom. The third-order valence-corrected chi connectivity index (χ3v) is 9.82. The van der Waals surface area contributed by atoms with Crippen LogP contribution in [0.15, 0.2) is 85.5 Å². The Hall–Kier alpha value is -2.66. The summed E-state index contributed by atoms with van der Waals surface area (Å²) in [5.41, 5.74) is -2.56. The number of phosphoric acid groups is 1. The third-order valence-electron chi connectivity index (χ3n) is 7.93. The van der Waals surface area contributed by atoms with Gasteiger partial charge in [-0.3, -0.25) is 0 Å². The molecule has 0 spiro atoms. The normalized spacial score (nSPS) is 17.5. The summed E-state index contributed by atoms with van der Waals surface area (Å²) in [6, 6.07) is 11.3. The molecule has 0 radical (unpaired) electrons. The molecule has 0 saturated carbocycles. The molecule has 2 heterocycles. The van der Waals surface area contributed by atoms with E-state index in [1.54, 1.807) is 25.2 Å². The van der Waals surface area contributed by atoms with Gasteiger partial charge < -0.3 is 33.1 Å². The van der Waals surface area contributed by atoms with Crippen LogP contribution in [-0.2, 0) is 42.1 Å². The fourth-order valence-corrected chi connectivity index (χ4v) is 7.02. The molecule has 55 heavy (non-hydrogen) atoms. The molecule has 1 fully saturated rings. The van der Waals surface area contributed by atoms with Crippen LogP contribution in [0.5, 0.6) is 0 Å². The first-order valence-electron chi connectivity index (χ1n) is 15.7. The van der Waals surface area contributed by atoms with Crippen LogP contribution in [0, 0.1) is 34.6 Å². The average molecular weight is 819 g/mol. The van der Waals surface area contributed by atoms with Crippen molar-refractivity contribution >= 4 is 31.6 Å². The van der Waals surface area contributed by atoms with E-state index >= 15 is 4.39 Å². The van der Waals surface area contributed by atoms with Crippen molar-refractivity contribution in [2.45, 2.75) is 42.5 Å². The van der Waals surface area contributed by atoms with E-state index in [9.17, 15) is 32.3 Å². The van der Waals surface area contributed by atoms with Gasteiger partial charge in [0.2, 0.25) is 0 Å². The first-order chi connectivity index (χ1) is 25.3.